The minimum atomic E-state index is -0.436. The molecule has 3 heterocycles. The van der Waals surface area contributed by atoms with Crippen molar-refractivity contribution in [2.24, 2.45) is 0 Å². The number of nitrogens with zero attached hydrogens (tertiary/aromatic N) is 2. The van der Waals surface area contributed by atoms with E-state index >= 15 is 0 Å². The number of fused-ring (bicyclic) bond motifs is 1. The fraction of sp³-hybridized carbons (Fsp3) is 0.467. The van der Waals surface area contributed by atoms with Gasteiger partial charge in [0, 0.05) is 43.5 Å². The lowest BCUT2D eigenvalue weighted by atomic mass is 10.2. The zero-order chi connectivity index (χ0) is 15.8. The normalized spacial score (nSPS) is 22.0. The van der Waals surface area contributed by atoms with Crippen LogP contribution in [-0.4, -0.2) is 59.6 Å². The zero-order valence-corrected chi connectivity index (χ0v) is 13.4. The Balaban J connectivity index is 1.43. The van der Waals surface area contributed by atoms with Gasteiger partial charge in [-0.05, 0) is 18.2 Å². The van der Waals surface area contributed by atoms with Crippen molar-refractivity contribution in [2.45, 2.75) is 6.04 Å². The van der Waals surface area contributed by atoms with E-state index in [2.05, 4.69) is 15.2 Å². The van der Waals surface area contributed by atoms with Crippen LogP contribution < -0.4 is 16.0 Å². The first-order chi connectivity index (χ1) is 11.2. The van der Waals surface area contributed by atoms with E-state index < -0.39 is 5.76 Å². The van der Waals surface area contributed by atoms with Gasteiger partial charge in [-0.15, -0.1) is 11.8 Å². The van der Waals surface area contributed by atoms with Gasteiger partial charge in [0.2, 0.25) is 5.91 Å². The first kappa shape index (κ1) is 14.6. The van der Waals surface area contributed by atoms with Crippen molar-refractivity contribution in [2.75, 3.05) is 42.7 Å². The third-order valence-corrected chi connectivity index (χ3v) is 5.31. The number of amides is 1. The Kier molecular flexibility index (Phi) is 3.78. The molecule has 0 aliphatic carbocycles. The average Bonchev–Trinajstić information content (AvgIpc) is 3.22. The standard InChI is InChI=1S/C15H18N4O3S/c20-14(12-8-23-9-16-12)19-5-3-18(4-6-19)10-1-2-13-11(7-10)17-15(21)22-13/h1-2,7,12,16H,3-6,8-9H2,(H,17,21). The number of oxazole rings is 1. The fourth-order valence-corrected chi connectivity index (χ4v) is 4.03. The molecule has 2 aliphatic heterocycles. The van der Waals surface area contributed by atoms with Gasteiger partial charge in [-0.1, -0.05) is 0 Å². The van der Waals surface area contributed by atoms with E-state index in [1.54, 1.807) is 17.8 Å². The maximum atomic E-state index is 12.4. The molecule has 2 aliphatic rings. The second kappa shape index (κ2) is 5.93. The van der Waals surface area contributed by atoms with Crippen LogP contribution >= 0.6 is 11.8 Å². The molecule has 0 bridgehead atoms. The summed E-state index contributed by atoms with van der Waals surface area (Å²) in [5, 5.41) is 3.23. The Morgan fingerprint density at radius 2 is 2.09 bits per heavy atom. The summed E-state index contributed by atoms with van der Waals surface area (Å²) in [5.41, 5.74) is 2.31. The van der Waals surface area contributed by atoms with Crippen LogP contribution in [-0.2, 0) is 4.79 Å². The van der Waals surface area contributed by atoms with E-state index in [-0.39, 0.29) is 11.9 Å². The van der Waals surface area contributed by atoms with Crippen LogP contribution in [0.5, 0.6) is 0 Å². The monoisotopic (exact) mass is 334 g/mol. The summed E-state index contributed by atoms with van der Waals surface area (Å²) in [4.78, 5) is 30.5. The molecule has 1 amide bonds. The summed E-state index contributed by atoms with van der Waals surface area (Å²) in [6.45, 7) is 3.03. The number of nitrogens with one attached hydrogen (secondary N) is 2. The SMILES string of the molecule is O=C(C1CSCN1)N1CCN(c2ccc3oc(=O)[nH]c3c2)CC1. The zero-order valence-electron chi connectivity index (χ0n) is 12.6. The van der Waals surface area contributed by atoms with Crippen LogP contribution in [0.25, 0.3) is 11.1 Å². The number of piperazine rings is 1. The number of H-pyrrole nitrogens is 1. The molecule has 0 spiro atoms. The quantitative estimate of drug-likeness (QED) is 0.829. The van der Waals surface area contributed by atoms with E-state index in [1.807, 2.05) is 17.0 Å². The number of hydrogen-bond donors (Lipinski definition) is 2. The number of aromatic amines is 1. The lowest BCUT2D eigenvalue weighted by Gasteiger charge is -2.37. The summed E-state index contributed by atoms with van der Waals surface area (Å²) in [6, 6.07) is 5.65. The van der Waals surface area contributed by atoms with Gasteiger partial charge in [0.1, 0.15) is 0 Å². The molecule has 1 unspecified atom stereocenters. The molecule has 7 nitrogen and oxygen atoms in total. The highest BCUT2D eigenvalue weighted by Gasteiger charge is 2.29. The van der Waals surface area contributed by atoms with Gasteiger partial charge in [0.15, 0.2) is 5.58 Å². The third kappa shape index (κ3) is 2.84. The first-order valence-electron chi connectivity index (χ1n) is 7.68. The first-order valence-corrected chi connectivity index (χ1v) is 8.84. The molecule has 2 fully saturated rings. The molecule has 2 N–H and O–H groups in total. The predicted octanol–water partition coefficient (Wildman–Crippen LogP) is 0.432. The Labute approximate surface area is 137 Å². The maximum Gasteiger partial charge on any atom is 0.417 e. The molecule has 1 aromatic carbocycles. The molecular formula is C15H18N4O3S. The maximum absolute atomic E-state index is 12.4. The highest BCUT2D eigenvalue weighted by atomic mass is 32.2. The molecule has 2 aromatic rings. The molecule has 1 aromatic heterocycles. The van der Waals surface area contributed by atoms with Crippen LogP contribution in [0.3, 0.4) is 0 Å². The summed E-state index contributed by atoms with van der Waals surface area (Å²) in [5.74, 6) is 1.50. The van der Waals surface area contributed by atoms with Crippen molar-refractivity contribution in [1.82, 2.24) is 15.2 Å². The third-order valence-electron chi connectivity index (χ3n) is 4.37. The molecule has 0 radical (unpaired) electrons. The van der Waals surface area contributed by atoms with Crippen LogP contribution in [0.2, 0.25) is 0 Å². The van der Waals surface area contributed by atoms with Crippen molar-refractivity contribution in [3.05, 3.63) is 28.7 Å². The van der Waals surface area contributed by atoms with E-state index in [9.17, 15) is 9.59 Å². The number of benzene rings is 1. The number of hydrogen-bond acceptors (Lipinski definition) is 6. The van der Waals surface area contributed by atoms with Gasteiger partial charge in [0.05, 0.1) is 11.6 Å². The molecule has 23 heavy (non-hydrogen) atoms. The number of carbonyl (C=O) groups is 1. The Morgan fingerprint density at radius 1 is 1.26 bits per heavy atom. The number of rotatable bonds is 2. The summed E-state index contributed by atoms with van der Waals surface area (Å²) in [6.07, 6.45) is 0. The van der Waals surface area contributed by atoms with E-state index in [0.717, 1.165) is 43.5 Å². The Morgan fingerprint density at radius 3 is 2.83 bits per heavy atom. The minimum absolute atomic E-state index is 0.0288. The van der Waals surface area contributed by atoms with E-state index in [1.165, 1.54) is 0 Å². The molecule has 2 saturated heterocycles. The second-order valence-corrected chi connectivity index (χ2v) is 6.81. The smallest absolute Gasteiger partial charge is 0.408 e. The van der Waals surface area contributed by atoms with Gasteiger partial charge in [-0.25, -0.2) is 4.79 Å². The molecule has 4 rings (SSSR count). The molecule has 122 valence electrons. The Hall–Kier alpha value is -1.93. The largest absolute Gasteiger partial charge is 0.417 e. The van der Waals surface area contributed by atoms with Crippen LogP contribution in [0.4, 0.5) is 5.69 Å². The van der Waals surface area contributed by atoms with Crippen molar-refractivity contribution in [3.63, 3.8) is 0 Å². The average molecular weight is 334 g/mol. The summed E-state index contributed by atoms with van der Waals surface area (Å²) < 4.78 is 5.02. The summed E-state index contributed by atoms with van der Waals surface area (Å²) >= 11 is 1.77. The van der Waals surface area contributed by atoms with Crippen LogP contribution in [0.1, 0.15) is 0 Å². The number of thioether (sulfide) groups is 1. The predicted molar refractivity (Wildman–Crippen MR) is 89.9 cm³/mol. The van der Waals surface area contributed by atoms with Crippen LogP contribution in [0.15, 0.2) is 27.4 Å². The molecular weight excluding hydrogens is 316 g/mol. The Bertz CT molecular complexity index is 772. The van der Waals surface area contributed by atoms with Crippen molar-refractivity contribution in [3.8, 4) is 0 Å². The number of carbonyl (C=O) groups excluding carboxylic acids is 1. The van der Waals surface area contributed by atoms with Crippen molar-refractivity contribution < 1.29 is 9.21 Å². The van der Waals surface area contributed by atoms with Crippen molar-refractivity contribution >= 4 is 34.5 Å². The van der Waals surface area contributed by atoms with E-state index in [4.69, 9.17) is 4.42 Å². The summed E-state index contributed by atoms with van der Waals surface area (Å²) in [7, 11) is 0. The minimum Gasteiger partial charge on any atom is -0.408 e. The van der Waals surface area contributed by atoms with Crippen LogP contribution in [0, 0.1) is 0 Å². The van der Waals surface area contributed by atoms with Gasteiger partial charge < -0.3 is 14.2 Å². The van der Waals surface area contributed by atoms with Gasteiger partial charge in [-0.3, -0.25) is 15.1 Å². The van der Waals surface area contributed by atoms with Crippen molar-refractivity contribution in [1.29, 1.82) is 0 Å². The molecule has 8 heteroatoms. The topological polar surface area (TPSA) is 81.6 Å². The highest BCUT2D eigenvalue weighted by Crippen LogP contribution is 2.22. The molecule has 1 atom stereocenters. The lowest BCUT2D eigenvalue weighted by Crippen LogP contribution is -2.53. The fourth-order valence-electron chi connectivity index (χ4n) is 3.10. The van der Waals surface area contributed by atoms with Gasteiger partial charge in [0.25, 0.3) is 0 Å². The molecule has 0 saturated carbocycles. The van der Waals surface area contributed by atoms with E-state index in [0.29, 0.717) is 11.1 Å². The lowest BCUT2D eigenvalue weighted by molar-refractivity contribution is -0.132. The number of aromatic nitrogens is 1. The van der Waals surface area contributed by atoms with Gasteiger partial charge >= 0.3 is 5.76 Å². The highest BCUT2D eigenvalue weighted by molar-refractivity contribution is 7.99. The number of anilines is 1. The second-order valence-electron chi connectivity index (χ2n) is 5.78. The van der Waals surface area contributed by atoms with Gasteiger partial charge in [-0.2, -0.15) is 0 Å².